The van der Waals surface area contributed by atoms with Gasteiger partial charge in [0.15, 0.2) is 0 Å². The molecule has 0 aromatic heterocycles. The zero-order chi connectivity index (χ0) is 13.3. The lowest BCUT2D eigenvalue weighted by Crippen LogP contribution is -2.28. The first-order valence-electron chi connectivity index (χ1n) is 5.99. The number of anilines is 2. The third-order valence-electron chi connectivity index (χ3n) is 3.10. The van der Waals surface area contributed by atoms with E-state index in [9.17, 15) is 4.79 Å². The molecule has 98 valence electrons. The zero-order valence-electron chi connectivity index (χ0n) is 10.5. The zero-order valence-corrected chi connectivity index (χ0v) is 12.1. The topological polar surface area (TPSA) is 64.3 Å². The number of aryl methyl sites for hydroxylation is 1. The number of rotatable bonds is 2. The van der Waals surface area contributed by atoms with Crippen molar-refractivity contribution in [2.75, 3.05) is 11.1 Å². The van der Waals surface area contributed by atoms with Crippen LogP contribution in [0.2, 0.25) is 0 Å². The van der Waals surface area contributed by atoms with Crippen molar-refractivity contribution in [1.29, 1.82) is 0 Å². The van der Waals surface area contributed by atoms with Gasteiger partial charge < -0.3 is 15.8 Å². The van der Waals surface area contributed by atoms with Gasteiger partial charge in [-0.2, -0.15) is 0 Å². The Hall–Kier alpha value is -1.07. The minimum atomic E-state index is -0.359. The summed E-state index contributed by atoms with van der Waals surface area (Å²) >= 11 is 3.37. The van der Waals surface area contributed by atoms with Crippen LogP contribution in [0.25, 0.3) is 0 Å². The number of nitrogens with two attached hydrogens (primary N) is 1. The van der Waals surface area contributed by atoms with Crippen molar-refractivity contribution < 1.29 is 9.53 Å². The van der Waals surface area contributed by atoms with Gasteiger partial charge in [0.05, 0.1) is 17.5 Å². The molecule has 0 spiro atoms. The quantitative estimate of drug-likeness (QED) is 0.825. The molecule has 1 fully saturated rings. The molecule has 1 aromatic carbocycles. The summed E-state index contributed by atoms with van der Waals surface area (Å²) in [4.78, 5) is 12.0. The molecule has 0 saturated carbocycles. The van der Waals surface area contributed by atoms with Crippen molar-refractivity contribution in [3.8, 4) is 0 Å². The molecule has 5 heteroatoms. The predicted molar refractivity (Wildman–Crippen MR) is 75.5 cm³/mol. The molecule has 18 heavy (non-hydrogen) atoms. The highest BCUT2D eigenvalue weighted by Gasteiger charge is 2.28. The molecule has 1 amide bonds. The van der Waals surface area contributed by atoms with E-state index in [1.165, 1.54) is 0 Å². The lowest BCUT2D eigenvalue weighted by Gasteiger charge is -2.15. The van der Waals surface area contributed by atoms with E-state index in [1.54, 1.807) is 6.07 Å². The minimum Gasteiger partial charge on any atom is -0.397 e. The summed E-state index contributed by atoms with van der Waals surface area (Å²) in [6.07, 6.45) is 1.49. The second-order valence-corrected chi connectivity index (χ2v) is 5.60. The van der Waals surface area contributed by atoms with Gasteiger partial charge in [0.2, 0.25) is 0 Å². The van der Waals surface area contributed by atoms with E-state index in [1.807, 2.05) is 19.9 Å². The van der Waals surface area contributed by atoms with Crippen LogP contribution in [0.15, 0.2) is 16.6 Å². The number of nitrogens with one attached hydrogen (secondary N) is 1. The molecule has 2 rings (SSSR count). The Morgan fingerprint density at radius 3 is 2.78 bits per heavy atom. The van der Waals surface area contributed by atoms with Crippen LogP contribution in [0, 0.1) is 6.92 Å². The van der Waals surface area contributed by atoms with Crippen LogP contribution in [-0.2, 0) is 9.53 Å². The van der Waals surface area contributed by atoms with Crippen molar-refractivity contribution in [2.45, 2.75) is 38.9 Å². The minimum absolute atomic E-state index is 0.114. The molecule has 0 bridgehead atoms. The highest BCUT2D eigenvalue weighted by atomic mass is 79.9. The van der Waals surface area contributed by atoms with Crippen LogP contribution in [-0.4, -0.2) is 18.1 Å². The SMILES string of the molecule is Cc1cc(Br)cc(N)c1NC(=O)C1CCC(C)O1. The first-order chi connectivity index (χ1) is 8.47. The van der Waals surface area contributed by atoms with Crippen LogP contribution < -0.4 is 11.1 Å². The van der Waals surface area contributed by atoms with Crippen LogP contribution in [0.5, 0.6) is 0 Å². The molecule has 1 heterocycles. The van der Waals surface area contributed by atoms with Crippen LogP contribution in [0.1, 0.15) is 25.3 Å². The van der Waals surface area contributed by atoms with Crippen molar-refractivity contribution in [3.63, 3.8) is 0 Å². The van der Waals surface area contributed by atoms with Crippen LogP contribution in [0.3, 0.4) is 0 Å². The monoisotopic (exact) mass is 312 g/mol. The van der Waals surface area contributed by atoms with Crippen molar-refractivity contribution in [3.05, 3.63) is 22.2 Å². The fourth-order valence-electron chi connectivity index (χ4n) is 2.14. The molecule has 1 aliphatic heterocycles. The second kappa shape index (κ2) is 5.28. The smallest absolute Gasteiger partial charge is 0.253 e. The van der Waals surface area contributed by atoms with Crippen LogP contribution in [0.4, 0.5) is 11.4 Å². The number of nitrogen functional groups attached to an aromatic ring is 1. The lowest BCUT2D eigenvalue weighted by molar-refractivity contribution is -0.126. The molecule has 1 aliphatic rings. The summed E-state index contributed by atoms with van der Waals surface area (Å²) in [5.74, 6) is -0.114. The standard InChI is InChI=1S/C13H17BrN2O2/c1-7-5-9(14)6-10(15)12(7)16-13(17)11-4-3-8(2)18-11/h5-6,8,11H,3-4,15H2,1-2H3,(H,16,17). The number of halogens is 1. The van der Waals surface area contributed by atoms with Crippen LogP contribution >= 0.6 is 15.9 Å². The van der Waals surface area contributed by atoms with Gasteiger partial charge in [-0.1, -0.05) is 15.9 Å². The maximum Gasteiger partial charge on any atom is 0.253 e. The van der Waals surface area contributed by atoms with E-state index in [0.29, 0.717) is 11.4 Å². The first kappa shape index (κ1) is 13.4. The average Bonchev–Trinajstić information content (AvgIpc) is 2.70. The van der Waals surface area contributed by atoms with Gasteiger partial charge >= 0.3 is 0 Å². The summed E-state index contributed by atoms with van der Waals surface area (Å²) in [6, 6.07) is 3.70. The van der Waals surface area contributed by atoms with Gasteiger partial charge in [0.25, 0.3) is 5.91 Å². The number of benzene rings is 1. The summed E-state index contributed by atoms with van der Waals surface area (Å²) in [6.45, 7) is 3.89. The van der Waals surface area contributed by atoms with Crippen molar-refractivity contribution in [1.82, 2.24) is 0 Å². The summed E-state index contributed by atoms with van der Waals surface area (Å²) in [5, 5.41) is 2.86. The molecule has 0 radical (unpaired) electrons. The van der Waals surface area contributed by atoms with E-state index >= 15 is 0 Å². The molecule has 3 N–H and O–H groups in total. The maximum absolute atomic E-state index is 12.0. The highest BCUT2D eigenvalue weighted by Crippen LogP contribution is 2.29. The Kier molecular flexibility index (Phi) is 3.92. The Morgan fingerprint density at radius 2 is 2.22 bits per heavy atom. The molecular weight excluding hydrogens is 296 g/mol. The van der Waals surface area contributed by atoms with E-state index < -0.39 is 0 Å². The summed E-state index contributed by atoms with van der Waals surface area (Å²) in [5.41, 5.74) is 8.07. The largest absolute Gasteiger partial charge is 0.397 e. The third kappa shape index (κ3) is 2.84. The molecule has 1 aromatic rings. The number of carbonyl (C=O) groups excluding carboxylic acids is 1. The van der Waals surface area contributed by atoms with Gasteiger partial charge in [-0.15, -0.1) is 0 Å². The summed E-state index contributed by atoms with van der Waals surface area (Å²) in [7, 11) is 0. The van der Waals surface area contributed by atoms with E-state index in [0.717, 1.165) is 22.9 Å². The van der Waals surface area contributed by atoms with Gasteiger partial charge in [-0.3, -0.25) is 4.79 Å². The van der Waals surface area contributed by atoms with E-state index in [4.69, 9.17) is 10.5 Å². The number of amides is 1. The molecule has 1 saturated heterocycles. The Bertz CT molecular complexity index is 453. The first-order valence-corrected chi connectivity index (χ1v) is 6.78. The summed E-state index contributed by atoms with van der Waals surface area (Å²) < 4.78 is 6.44. The van der Waals surface area contributed by atoms with Gasteiger partial charge in [-0.25, -0.2) is 0 Å². The number of ether oxygens (including phenoxy) is 1. The predicted octanol–water partition coefficient (Wildman–Crippen LogP) is 2.85. The number of hydrogen-bond donors (Lipinski definition) is 2. The Morgan fingerprint density at radius 1 is 1.50 bits per heavy atom. The normalized spacial score (nSPS) is 23.1. The molecule has 0 aliphatic carbocycles. The number of hydrogen-bond acceptors (Lipinski definition) is 3. The lowest BCUT2D eigenvalue weighted by atomic mass is 10.1. The Balaban J connectivity index is 2.12. The average molecular weight is 313 g/mol. The fraction of sp³-hybridized carbons (Fsp3) is 0.462. The molecule has 2 unspecified atom stereocenters. The fourth-order valence-corrected chi connectivity index (χ4v) is 2.73. The second-order valence-electron chi connectivity index (χ2n) is 4.69. The molecule has 2 atom stereocenters. The van der Waals surface area contributed by atoms with Crippen molar-refractivity contribution in [2.24, 2.45) is 0 Å². The van der Waals surface area contributed by atoms with E-state index in [2.05, 4.69) is 21.2 Å². The van der Waals surface area contributed by atoms with Gasteiger partial charge in [0.1, 0.15) is 6.10 Å². The third-order valence-corrected chi connectivity index (χ3v) is 3.56. The van der Waals surface area contributed by atoms with E-state index in [-0.39, 0.29) is 18.1 Å². The highest BCUT2D eigenvalue weighted by molar-refractivity contribution is 9.10. The van der Waals surface area contributed by atoms with Gasteiger partial charge in [-0.05, 0) is 44.4 Å². The maximum atomic E-state index is 12.0. The molecular formula is C13H17BrN2O2. The van der Waals surface area contributed by atoms with Crippen molar-refractivity contribution >= 4 is 33.2 Å². The number of carbonyl (C=O) groups is 1. The Labute approximate surface area is 115 Å². The molecule has 4 nitrogen and oxygen atoms in total. The van der Waals surface area contributed by atoms with Gasteiger partial charge in [0, 0.05) is 4.47 Å².